The lowest BCUT2D eigenvalue weighted by Crippen LogP contribution is -2.37. The average molecular weight is 447 g/mol. The van der Waals surface area contributed by atoms with Crippen LogP contribution in [0.2, 0.25) is 0 Å². The zero-order valence-electron chi connectivity index (χ0n) is 18.4. The summed E-state index contributed by atoms with van der Waals surface area (Å²) in [7, 11) is 1.62. The van der Waals surface area contributed by atoms with E-state index in [9.17, 15) is 14.9 Å². The largest absolute Gasteiger partial charge is 0.497 e. The molecule has 0 radical (unpaired) electrons. The molecule has 1 fully saturated rings. The van der Waals surface area contributed by atoms with E-state index in [1.165, 1.54) is 12.3 Å². The molecule has 1 saturated heterocycles. The van der Waals surface area contributed by atoms with E-state index in [-0.39, 0.29) is 23.0 Å². The summed E-state index contributed by atoms with van der Waals surface area (Å²) in [5.41, 5.74) is 1.51. The van der Waals surface area contributed by atoms with E-state index in [0.717, 1.165) is 37.2 Å². The van der Waals surface area contributed by atoms with Crippen molar-refractivity contribution < 1.29 is 14.5 Å². The van der Waals surface area contributed by atoms with Gasteiger partial charge in [0.15, 0.2) is 0 Å². The van der Waals surface area contributed by atoms with Gasteiger partial charge in [0, 0.05) is 18.3 Å². The molecule has 4 rings (SSSR count). The zero-order chi connectivity index (χ0) is 23.2. The maximum atomic E-state index is 13.1. The number of carbonyl (C=O) groups excluding carboxylic acids is 1. The summed E-state index contributed by atoms with van der Waals surface area (Å²) in [6, 6.07) is 18.0. The first kappa shape index (κ1) is 22.4. The number of amides is 1. The number of nitrogens with one attached hydrogen (secondary N) is 1. The van der Waals surface area contributed by atoms with Crippen molar-refractivity contribution in [3.8, 4) is 17.0 Å². The van der Waals surface area contributed by atoms with E-state index in [0.29, 0.717) is 12.1 Å². The minimum atomic E-state index is -0.537. The molecular formula is C25H26N4O4. The monoisotopic (exact) mass is 446 g/mol. The summed E-state index contributed by atoms with van der Waals surface area (Å²) in [6.07, 6.45) is 3.64. The lowest BCUT2D eigenvalue weighted by atomic mass is 10.0. The minimum absolute atomic E-state index is 0.000308. The Morgan fingerprint density at radius 2 is 1.91 bits per heavy atom. The molecule has 8 nitrogen and oxygen atoms in total. The molecule has 8 heteroatoms. The summed E-state index contributed by atoms with van der Waals surface area (Å²) in [5.74, 6) is 0.258. The van der Waals surface area contributed by atoms with E-state index >= 15 is 0 Å². The fourth-order valence-corrected chi connectivity index (χ4v) is 4.27. The smallest absolute Gasteiger partial charge is 0.308 e. The van der Waals surface area contributed by atoms with Gasteiger partial charge in [-0.15, -0.1) is 0 Å². The topological polar surface area (TPSA) is 97.6 Å². The maximum Gasteiger partial charge on any atom is 0.308 e. The van der Waals surface area contributed by atoms with Gasteiger partial charge in [-0.05, 0) is 49.7 Å². The van der Waals surface area contributed by atoms with Gasteiger partial charge >= 0.3 is 5.69 Å². The standard InChI is InChI=1S/C25H26N4O4/c1-33-20-11-7-10-19(16-20)22(28-14-5-6-15-28)17-27-25(30)21-12-13-26-23(24(21)29(31)32)18-8-3-2-4-9-18/h2-4,7-13,16,22H,5-6,14-15,17H2,1H3,(H,27,30). The fourth-order valence-electron chi connectivity index (χ4n) is 4.27. The molecule has 1 unspecified atom stereocenters. The molecule has 1 aromatic heterocycles. The van der Waals surface area contributed by atoms with Crippen LogP contribution in [-0.2, 0) is 0 Å². The number of nitrogens with zero attached hydrogens (tertiary/aromatic N) is 3. The Kier molecular flexibility index (Phi) is 6.95. The van der Waals surface area contributed by atoms with Crippen molar-refractivity contribution in [1.29, 1.82) is 0 Å². The highest BCUT2D eigenvalue weighted by atomic mass is 16.6. The SMILES string of the molecule is COc1cccc(C(CNC(=O)c2ccnc(-c3ccccc3)c2[N+](=O)[O-])N2CCCC2)c1. The molecule has 0 spiro atoms. The van der Waals surface area contributed by atoms with Crippen molar-refractivity contribution in [2.24, 2.45) is 0 Å². The molecule has 1 N–H and O–H groups in total. The first-order chi connectivity index (χ1) is 16.1. The van der Waals surface area contributed by atoms with Gasteiger partial charge in [0.25, 0.3) is 5.91 Å². The van der Waals surface area contributed by atoms with Crippen molar-refractivity contribution in [2.45, 2.75) is 18.9 Å². The van der Waals surface area contributed by atoms with Crippen LogP contribution in [0.5, 0.6) is 5.75 Å². The number of hydrogen-bond acceptors (Lipinski definition) is 6. The number of benzene rings is 2. The van der Waals surface area contributed by atoms with Crippen LogP contribution in [0.4, 0.5) is 5.69 Å². The van der Waals surface area contributed by atoms with E-state index in [1.807, 2.05) is 30.3 Å². The average Bonchev–Trinajstić information content (AvgIpc) is 3.39. The third-order valence-electron chi connectivity index (χ3n) is 5.91. The Balaban J connectivity index is 1.61. The molecule has 170 valence electrons. The van der Waals surface area contributed by atoms with Gasteiger partial charge in [-0.3, -0.25) is 19.8 Å². The molecule has 33 heavy (non-hydrogen) atoms. The number of pyridine rings is 1. The second-order valence-electron chi connectivity index (χ2n) is 7.92. The normalized spacial score (nSPS) is 14.6. The number of aromatic nitrogens is 1. The first-order valence-electron chi connectivity index (χ1n) is 10.9. The summed E-state index contributed by atoms with van der Waals surface area (Å²) in [6.45, 7) is 2.20. The van der Waals surface area contributed by atoms with Crippen molar-refractivity contribution >= 4 is 11.6 Å². The van der Waals surface area contributed by atoms with Crippen LogP contribution in [0.1, 0.15) is 34.8 Å². The third-order valence-corrected chi connectivity index (χ3v) is 5.91. The van der Waals surface area contributed by atoms with Crippen LogP contribution in [0.15, 0.2) is 66.9 Å². The van der Waals surface area contributed by atoms with E-state index < -0.39 is 10.8 Å². The molecule has 1 amide bonds. The molecule has 2 aromatic carbocycles. The fraction of sp³-hybridized carbons (Fsp3) is 0.280. The van der Waals surface area contributed by atoms with Gasteiger partial charge in [-0.1, -0.05) is 42.5 Å². The van der Waals surface area contributed by atoms with Crippen molar-refractivity contribution in [3.63, 3.8) is 0 Å². The van der Waals surface area contributed by atoms with Crippen molar-refractivity contribution in [1.82, 2.24) is 15.2 Å². The summed E-state index contributed by atoms with van der Waals surface area (Å²) < 4.78 is 5.37. The Bertz CT molecular complexity index is 1130. The lowest BCUT2D eigenvalue weighted by Gasteiger charge is -2.28. The molecule has 0 bridgehead atoms. The molecule has 0 saturated carbocycles. The second kappa shape index (κ2) is 10.2. The number of rotatable bonds is 8. The van der Waals surface area contributed by atoms with Gasteiger partial charge in [-0.2, -0.15) is 0 Å². The van der Waals surface area contributed by atoms with Crippen LogP contribution >= 0.6 is 0 Å². The van der Waals surface area contributed by atoms with Gasteiger partial charge in [0.2, 0.25) is 0 Å². The van der Waals surface area contributed by atoms with E-state index in [1.54, 1.807) is 31.4 Å². The molecule has 2 heterocycles. The predicted octanol–water partition coefficient (Wildman–Crippen LogP) is 4.23. The summed E-state index contributed by atoms with van der Waals surface area (Å²) >= 11 is 0. The molecule has 0 aliphatic carbocycles. The van der Waals surface area contributed by atoms with Crippen LogP contribution in [0.3, 0.4) is 0 Å². The summed E-state index contributed by atoms with van der Waals surface area (Å²) in [5, 5.41) is 14.9. The third kappa shape index (κ3) is 5.01. The second-order valence-corrected chi connectivity index (χ2v) is 7.92. The van der Waals surface area contributed by atoms with Crippen LogP contribution in [-0.4, -0.2) is 47.5 Å². The quantitative estimate of drug-likeness (QED) is 0.411. The summed E-state index contributed by atoms with van der Waals surface area (Å²) in [4.78, 5) is 31.0. The van der Waals surface area contributed by atoms with Gasteiger partial charge < -0.3 is 10.1 Å². The highest BCUT2D eigenvalue weighted by molar-refractivity contribution is 6.00. The van der Waals surface area contributed by atoms with E-state index in [2.05, 4.69) is 15.2 Å². The zero-order valence-corrected chi connectivity index (χ0v) is 18.4. The number of ether oxygens (including phenoxy) is 1. The highest BCUT2D eigenvalue weighted by Crippen LogP contribution is 2.31. The first-order valence-corrected chi connectivity index (χ1v) is 10.9. The predicted molar refractivity (Wildman–Crippen MR) is 125 cm³/mol. The molecule has 3 aromatic rings. The number of nitro groups is 1. The van der Waals surface area contributed by atoms with Crippen LogP contribution < -0.4 is 10.1 Å². The minimum Gasteiger partial charge on any atom is -0.497 e. The Hall–Kier alpha value is -3.78. The van der Waals surface area contributed by atoms with Crippen molar-refractivity contribution in [3.05, 3.63) is 88.1 Å². The van der Waals surface area contributed by atoms with Gasteiger partial charge in [0.1, 0.15) is 17.0 Å². The van der Waals surface area contributed by atoms with Crippen LogP contribution in [0, 0.1) is 10.1 Å². The molecule has 1 atom stereocenters. The Morgan fingerprint density at radius 3 is 2.61 bits per heavy atom. The number of carbonyl (C=O) groups is 1. The Morgan fingerprint density at radius 1 is 1.15 bits per heavy atom. The lowest BCUT2D eigenvalue weighted by molar-refractivity contribution is -0.384. The molecule has 1 aliphatic heterocycles. The highest BCUT2D eigenvalue weighted by Gasteiger charge is 2.29. The van der Waals surface area contributed by atoms with Crippen molar-refractivity contribution in [2.75, 3.05) is 26.7 Å². The number of hydrogen-bond donors (Lipinski definition) is 1. The van der Waals surface area contributed by atoms with E-state index in [4.69, 9.17) is 4.74 Å². The number of likely N-dealkylation sites (tertiary alicyclic amines) is 1. The van der Waals surface area contributed by atoms with Gasteiger partial charge in [0.05, 0.1) is 18.1 Å². The maximum absolute atomic E-state index is 13.1. The van der Waals surface area contributed by atoms with Crippen LogP contribution in [0.25, 0.3) is 11.3 Å². The Labute approximate surface area is 192 Å². The molecule has 1 aliphatic rings. The molecular weight excluding hydrogens is 420 g/mol. The van der Waals surface area contributed by atoms with Gasteiger partial charge in [-0.25, -0.2) is 4.98 Å². The number of methoxy groups -OCH3 is 1.